The molecule has 0 saturated carbocycles. The SMILES string of the molecule is CN=C(NCCCCSC)NCC(C)(C)C(=O)NC.I. The van der Waals surface area contributed by atoms with Crippen LogP contribution in [-0.4, -0.2) is 51.1 Å². The van der Waals surface area contributed by atoms with Gasteiger partial charge in [0.1, 0.15) is 0 Å². The van der Waals surface area contributed by atoms with Crippen molar-refractivity contribution in [3.63, 3.8) is 0 Å². The minimum absolute atomic E-state index is 0. The van der Waals surface area contributed by atoms with Crippen LogP contribution >= 0.6 is 35.7 Å². The topological polar surface area (TPSA) is 65.5 Å². The minimum atomic E-state index is -0.453. The Hall–Kier alpha value is -0.180. The molecule has 20 heavy (non-hydrogen) atoms. The van der Waals surface area contributed by atoms with Crippen LogP contribution in [0.25, 0.3) is 0 Å². The van der Waals surface area contributed by atoms with E-state index in [-0.39, 0.29) is 29.9 Å². The van der Waals surface area contributed by atoms with Crippen LogP contribution in [0.1, 0.15) is 26.7 Å². The molecular weight excluding hydrogens is 387 g/mol. The number of nitrogens with one attached hydrogen (secondary N) is 3. The van der Waals surface area contributed by atoms with Crippen molar-refractivity contribution in [2.75, 3.05) is 39.2 Å². The summed E-state index contributed by atoms with van der Waals surface area (Å²) >= 11 is 1.87. The number of halogens is 1. The van der Waals surface area contributed by atoms with Gasteiger partial charge in [0.15, 0.2) is 5.96 Å². The molecule has 0 aromatic heterocycles. The lowest BCUT2D eigenvalue weighted by atomic mass is 9.92. The maximum atomic E-state index is 11.7. The van der Waals surface area contributed by atoms with Gasteiger partial charge in [-0.2, -0.15) is 11.8 Å². The van der Waals surface area contributed by atoms with Crippen LogP contribution in [0, 0.1) is 5.41 Å². The Morgan fingerprint density at radius 3 is 2.40 bits per heavy atom. The van der Waals surface area contributed by atoms with Gasteiger partial charge in [0, 0.05) is 27.2 Å². The zero-order valence-corrected chi connectivity index (χ0v) is 16.4. The van der Waals surface area contributed by atoms with Gasteiger partial charge in [-0.25, -0.2) is 0 Å². The zero-order chi connectivity index (χ0) is 14.7. The van der Waals surface area contributed by atoms with Crippen molar-refractivity contribution < 1.29 is 4.79 Å². The maximum Gasteiger partial charge on any atom is 0.227 e. The van der Waals surface area contributed by atoms with Gasteiger partial charge in [-0.1, -0.05) is 0 Å². The van der Waals surface area contributed by atoms with E-state index < -0.39 is 5.41 Å². The first-order chi connectivity index (χ1) is 8.97. The van der Waals surface area contributed by atoms with E-state index in [0.717, 1.165) is 18.9 Å². The largest absolute Gasteiger partial charge is 0.359 e. The van der Waals surface area contributed by atoms with Gasteiger partial charge in [-0.15, -0.1) is 24.0 Å². The van der Waals surface area contributed by atoms with Crippen LogP contribution in [0.4, 0.5) is 0 Å². The molecule has 0 aromatic carbocycles. The Morgan fingerprint density at radius 2 is 1.90 bits per heavy atom. The number of aliphatic imine (C=N–C) groups is 1. The summed E-state index contributed by atoms with van der Waals surface area (Å²) in [7, 11) is 3.40. The maximum absolute atomic E-state index is 11.7. The molecule has 0 spiro atoms. The van der Waals surface area contributed by atoms with Crippen LogP contribution in [0.15, 0.2) is 4.99 Å². The first kappa shape index (κ1) is 22.1. The summed E-state index contributed by atoms with van der Waals surface area (Å²) in [5.41, 5.74) is -0.453. The molecule has 0 unspecified atom stereocenters. The lowest BCUT2D eigenvalue weighted by Crippen LogP contribution is -2.47. The number of guanidine groups is 1. The number of hydrogen-bond acceptors (Lipinski definition) is 3. The number of carbonyl (C=O) groups excluding carboxylic acids is 1. The van der Waals surface area contributed by atoms with Crippen LogP contribution in [0.3, 0.4) is 0 Å². The van der Waals surface area contributed by atoms with Crippen molar-refractivity contribution in [3.8, 4) is 0 Å². The number of rotatable bonds is 8. The third-order valence-electron chi connectivity index (χ3n) is 2.83. The fourth-order valence-electron chi connectivity index (χ4n) is 1.52. The molecule has 0 aromatic rings. The van der Waals surface area contributed by atoms with Crippen molar-refractivity contribution in [2.45, 2.75) is 26.7 Å². The van der Waals surface area contributed by atoms with Gasteiger partial charge >= 0.3 is 0 Å². The van der Waals surface area contributed by atoms with E-state index in [1.165, 1.54) is 12.2 Å². The Morgan fingerprint density at radius 1 is 1.25 bits per heavy atom. The predicted molar refractivity (Wildman–Crippen MR) is 100 cm³/mol. The van der Waals surface area contributed by atoms with Gasteiger partial charge in [0.05, 0.1) is 5.41 Å². The molecule has 0 aliphatic rings. The quantitative estimate of drug-likeness (QED) is 0.244. The van der Waals surface area contributed by atoms with Gasteiger partial charge in [-0.05, 0) is 38.7 Å². The number of carbonyl (C=O) groups is 1. The van der Waals surface area contributed by atoms with Crippen molar-refractivity contribution in [1.29, 1.82) is 0 Å². The Balaban J connectivity index is 0. The Bertz CT molecular complexity index is 298. The van der Waals surface area contributed by atoms with Crippen molar-refractivity contribution in [2.24, 2.45) is 10.4 Å². The first-order valence-electron chi connectivity index (χ1n) is 6.63. The van der Waals surface area contributed by atoms with E-state index in [2.05, 4.69) is 27.2 Å². The molecule has 0 bridgehead atoms. The Labute approximate surface area is 144 Å². The highest BCUT2D eigenvalue weighted by atomic mass is 127. The van der Waals surface area contributed by atoms with Crippen molar-refractivity contribution >= 4 is 47.6 Å². The molecule has 0 radical (unpaired) electrons. The Kier molecular flexibility index (Phi) is 13.9. The smallest absolute Gasteiger partial charge is 0.227 e. The second-order valence-electron chi connectivity index (χ2n) is 5.02. The van der Waals surface area contributed by atoms with Crippen molar-refractivity contribution in [1.82, 2.24) is 16.0 Å². The van der Waals surface area contributed by atoms with Crippen molar-refractivity contribution in [3.05, 3.63) is 0 Å². The number of hydrogen-bond donors (Lipinski definition) is 3. The van der Waals surface area contributed by atoms with E-state index in [4.69, 9.17) is 0 Å². The molecule has 0 aliphatic carbocycles. The number of nitrogens with zero attached hydrogens (tertiary/aromatic N) is 1. The van der Waals surface area contributed by atoms with E-state index in [0.29, 0.717) is 6.54 Å². The second-order valence-corrected chi connectivity index (χ2v) is 6.00. The molecule has 0 fully saturated rings. The highest BCUT2D eigenvalue weighted by Crippen LogP contribution is 2.12. The molecule has 120 valence electrons. The molecule has 3 N–H and O–H groups in total. The molecular formula is C13H29IN4OS. The number of unbranched alkanes of at least 4 members (excludes halogenated alkanes) is 1. The molecule has 7 heteroatoms. The highest BCUT2D eigenvalue weighted by molar-refractivity contribution is 14.0. The summed E-state index contributed by atoms with van der Waals surface area (Å²) in [4.78, 5) is 15.8. The first-order valence-corrected chi connectivity index (χ1v) is 8.03. The van der Waals surface area contributed by atoms with Crippen LogP contribution < -0.4 is 16.0 Å². The summed E-state index contributed by atoms with van der Waals surface area (Å²) in [5, 5.41) is 9.12. The average Bonchev–Trinajstić information content (AvgIpc) is 2.40. The number of thioether (sulfide) groups is 1. The third kappa shape index (κ3) is 9.68. The highest BCUT2D eigenvalue weighted by Gasteiger charge is 2.26. The molecule has 0 rings (SSSR count). The van der Waals surface area contributed by atoms with Gasteiger partial charge in [-0.3, -0.25) is 9.79 Å². The second kappa shape index (κ2) is 12.6. The van der Waals surface area contributed by atoms with Gasteiger partial charge in [0.25, 0.3) is 0 Å². The summed E-state index contributed by atoms with van der Waals surface area (Å²) in [6.07, 6.45) is 4.45. The fraction of sp³-hybridized carbons (Fsp3) is 0.846. The van der Waals surface area contributed by atoms with E-state index >= 15 is 0 Å². The normalized spacial score (nSPS) is 11.6. The molecule has 1 amide bonds. The average molecular weight is 416 g/mol. The summed E-state index contributed by atoms with van der Waals surface area (Å²) in [6.45, 7) is 5.27. The molecule has 0 heterocycles. The van der Waals surface area contributed by atoms with Crippen LogP contribution in [-0.2, 0) is 4.79 Å². The molecule has 5 nitrogen and oxygen atoms in total. The lowest BCUT2D eigenvalue weighted by Gasteiger charge is -2.24. The monoisotopic (exact) mass is 416 g/mol. The standard InChI is InChI=1S/C13H28N4OS.HI/c1-13(2,11(18)14-3)10-17-12(15-4)16-8-6-7-9-19-5;/h6-10H2,1-5H3,(H,14,18)(H2,15,16,17);1H. The fourth-order valence-corrected chi connectivity index (χ4v) is 2.01. The van der Waals surface area contributed by atoms with E-state index in [9.17, 15) is 4.79 Å². The minimum Gasteiger partial charge on any atom is -0.359 e. The van der Waals surface area contributed by atoms with Gasteiger partial charge < -0.3 is 16.0 Å². The summed E-state index contributed by atoms with van der Waals surface area (Å²) < 4.78 is 0. The third-order valence-corrected chi connectivity index (χ3v) is 3.53. The lowest BCUT2D eigenvalue weighted by molar-refractivity contribution is -0.128. The molecule has 0 aliphatic heterocycles. The predicted octanol–water partition coefficient (Wildman–Crippen LogP) is 1.68. The van der Waals surface area contributed by atoms with Crippen LogP contribution in [0.5, 0.6) is 0 Å². The van der Waals surface area contributed by atoms with E-state index in [1.54, 1.807) is 14.1 Å². The number of amides is 1. The van der Waals surface area contributed by atoms with Gasteiger partial charge in [0.2, 0.25) is 5.91 Å². The summed E-state index contributed by atoms with van der Waals surface area (Å²) in [5.74, 6) is 1.97. The molecule has 0 saturated heterocycles. The van der Waals surface area contributed by atoms with Crippen LogP contribution in [0.2, 0.25) is 0 Å². The summed E-state index contributed by atoms with van der Waals surface area (Å²) in [6, 6.07) is 0. The molecule has 0 atom stereocenters. The zero-order valence-electron chi connectivity index (χ0n) is 13.2. The van der Waals surface area contributed by atoms with E-state index in [1.807, 2.05) is 25.6 Å².